The molecule has 104 valence electrons. The highest BCUT2D eigenvalue weighted by Gasteiger charge is 2.12. The van der Waals surface area contributed by atoms with Crippen molar-refractivity contribution >= 4 is 50.4 Å². The van der Waals surface area contributed by atoms with E-state index >= 15 is 0 Å². The van der Waals surface area contributed by atoms with Crippen molar-refractivity contribution in [2.24, 2.45) is 5.73 Å². The zero-order valence-electron chi connectivity index (χ0n) is 10.9. The normalized spacial score (nSPS) is 10.3. The molecule has 0 spiro atoms. The van der Waals surface area contributed by atoms with Gasteiger partial charge in [0.1, 0.15) is 4.99 Å². The van der Waals surface area contributed by atoms with E-state index in [0.29, 0.717) is 10.0 Å². The van der Waals surface area contributed by atoms with Gasteiger partial charge in [-0.05, 0) is 29.8 Å². The topological polar surface area (TPSA) is 29.3 Å². The molecule has 0 bridgehead atoms. The van der Waals surface area contributed by atoms with Crippen molar-refractivity contribution in [3.63, 3.8) is 0 Å². The summed E-state index contributed by atoms with van der Waals surface area (Å²) in [5, 5.41) is 0.666. The van der Waals surface area contributed by atoms with Gasteiger partial charge in [0, 0.05) is 34.3 Å². The molecule has 2 rings (SSSR count). The van der Waals surface area contributed by atoms with E-state index in [1.165, 1.54) is 5.56 Å². The van der Waals surface area contributed by atoms with Gasteiger partial charge in [-0.25, -0.2) is 0 Å². The minimum absolute atomic E-state index is 0.371. The largest absolute Gasteiger partial charge is 0.389 e. The summed E-state index contributed by atoms with van der Waals surface area (Å²) in [6.45, 7) is 0.734. The van der Waals surface area contributed by atoms with Gasteiger partial charge in [-0.15, -0.1) is 0 Å². The lowest BCUT2D eigenvalue weighted by Gasteiger charge is -2.23. The van der Waals surface area contributed by atoms with Crippen LogP contribution in [-0.4, -0.2) is 12.0 Å². The highest BCUT2D eigenvalue weighted by molar-refractivity contribution is 9.10. The van der Waals surface area contributed by atoms with Gasteiger partial charge in [0.2, 0.25) is 0 Å². The predicted molar refractivity (Wildman–Crippen MR) is 93.6 cm³/mol. The van der Waals surface area contributed by atoms with Crippen molar-refractivity contribution < 1.29 is 0 Å². The first-order chi connectivity index (χ1) is 9.49. The lowest BCUT2D eigenvalue weighted by molar-refractivity contribution is 0.917. The maximum Gasteiger partial charge on any atom is 0.106 e. The molecule has 0 saturated carbocycles. The molecule has 20 heavy (non-hydrogen) atoms. The van der Waals surface area contributed by atoms with Gasteiger partial charge in [0.15, 0.2) is 0 Å². The molecular formula is C15H14BrClN2S. The molecule has 0 aliphatic rings. The summed E-state index contributed by atoms with van der Waals surface area (Å²) in [5.41, 5.74) is 8.73. The Morgan fingerprint density at radius 3 is 2.65 bits per heavy atom. The molecule has 0 heterocycles. The molecule has 0 saturated heterocycles. The Morgan fingerprint density at radius 2 is 2.00 bits per heavy atom. The molecule has 0 aliphatic heterocycles. The van der Waals surface area contributed by atoms with E-state index in [0.717, 1.165) is 22.3 Å². The van der Waals surface area contributed by atoms with Crippen LogP contribution >= 0.6 is 39.7 Å². The van der Waals surface area contributed by atoms with Crippen molar-refractivity contribution in [1.29, 1.82) is 0 Å². The van der Waals surface area contributed by atoms with Gasteiger partial charge in [0.05, 0.1) is 0 Å². The standard InChI is InChI=1S/C15H14BrClN2S/c1-19(9-10-4-2-3-5-13(10)16)14-8-11(17)6-7-12(14)15(18)20/h2-8H,9H2,1H3,(H2,18,20). The smallest absolute Gasteiger partial charge is 0.106 e. The SMILES string of the molecule is CN(Cc1ccccc1Br)c1cc(Cl)ccc1C(N)=S. The zero-order chi connectivity index (χ0) is 14.7. The number of rotatable bonds is 4. The number of hydrogen-bond donors (Lipinski definition) is 1. The molecule has 0 aliphatic carbocycles. The van der Waals surface area contributed by atoms with Crippen LogP contribution in [0.4, 0.5) is 5.69 Å². The van der Waals surface area contributed by atoms with Crippen LogP contribution in [0.25, 0.3) is 0 Å². The minimum atomic E-state index is 0.371. The van der Waals surface area contributed by atoms with Crippen LogP contribution in [0.1, 0.15) is 11.1 Å². The summed E-state index contributed by atoms with van der Waals surface area (Å²) in [5.74, 6) is 0. The Kier molecular flexibility index (Phi) is 5.02. The molecule has 0 amide bonds. The van der Waals surface area contributed by atoms with Gasteiger partial charge in [-0.1, -0.05) is 57.9 Å². The summed E-state index contributed by atoms with van der Waals surface area (Å²) in [6, 6.07) is 13.6. The molecule has 0 radical (unpaired) electrons. The quantitative estimate of drug-likeness (QED) is 0.811. The Balaban J connectivity index is 2.34. The fourth-order valence-corrected chi connectivity index (χ4v) is 2.75. The Bertz CT molecular complexity index is 646. The fourth-order valence-electron chi connectivity index (χ4n) is 2.00. The molecular weight excluding hydrogens is 356 g/mol. The van der Waals surface area contributed by atoms with E-state index in [1.807, 2.05) is 37.4 Å². The first kappa shape index (κ1) is 15.3. The predicted octanol–water partition coefficient (Wildman–Crippen LogP) is 4.37. The minimum Gasteiger partial charge on any atom is -0.389 e. The molecule has 2 nitrogen and oxygen atoms in total. The lowest BCUT2D eigenvalue weighted by Crippen LogP contribution is -2.21. The highest BCUT2D eigenvalue weighted by Crippen LogP contribution is 2.27. The number of anilines is 1. The van der Waals surface area contributed by atoms with Gasteiger partial charge in [0.25, 0.3) is 0 Å². The van der Waals surface area contributed by atoms with Crippen molar-refractivity contribution in [2.45, 2.75) is 6.54 Å². The summed E-state index contributed by atoms with van der Waals surface area (Å²) in [7, 11) is 1.99. The van der Waals surface area contributed by atoms with Gasteiger partial charge < -0.3 is 10.6 Å². The molecule has 0 atom stereocenters. The summed E-state index contributed by atoms with van der Waals surface area (Å²) in [4.78, 5) is 2.45. The molecule has 0 fully saturated rings. The van der Waals surface area contributed by atoms with Crippen molar-refractivity contribution in [3.8, 4) is 0 Å². The molecule has 0 unspecified atom stereocenters. The number of benzene rings is 2. The van der Waals surface area contributed by atoms with E-state index in [9.17, 15) is 0 Å². The maximum atomic E-state index is 6.08. The van der Waals surface area contributed by atoms with E-state index in [1.54, 1.807) is 6.07 Å². The molecule has 0 aromatic heterocycles. The van der Waals surface area contributed by atoms with Crippen LogP contribution in [0.2, 0.25) is 5.02 Å². The van der Waals surface area contributed by atoms with E-state index in [-0.39, 0.29) is 0 Å². The number of hydrogen-bond acceptors (Lipinski definition) is 2. The summed E-state index contributed by atoms with van der Waals surface area (Å²) < 4.78 is 1.07. The van der Waals surface area contributed by atoms with Crippen LogP contribution in [0.3, 0.4) is 0 Å². The average Bonchev–Trinajstić information content (AvgIpc) is 2.40. The van der Waals surface area contributed by atoms with Gasteiger partial charge in [-0.3, -0.25) is 0 Å². The Morgan fingerprint density at radius 1 is 1.30 bits per heavy atom. The summed E-state index contributed by atoms with van der Waals surface area (Å²) in [6.07, 6.45) is 0. The Hall–Kier alpha value is -1.10. The second-order valence-corrected chi connectivity index (χ2v) is 6.20. The third-order valence-electron chi connectivity index (χ3n) is 3.00. The number of halogens is 2. The fraction of sp³-hybridized carbons (Fsp3) is 0.133. The van der Waals surface area contributed by atoms with Crippen LogP contribution in [0, 0.1) is 0 Å². The van der Waals surface area contributed by atoms with Crippen LogP contribution in [-0.2, 0) is 6.54 Å². The van der Waals surface area contributed by atoms with E-state index in [4.69, 9.17) is 29.6 Å². The Labute approximate surface area is 137 Å². The lowest BCUT2D eigenvalue weighted by atomic mass is 10.1. The first-order valence-electron chi connectivity index (χ1n) is 6.03. The van der Waals surface area contributed by atoms with E-state index < -0.39 is 0 Å². The molecule has 2 aromatic carbocycles. The third-order valence-corrected chi connectivity index (χ3v) is 4.23. The molecule has 2 aromatic rings. The second-order valence-electron chi connectivity index (χ2n) is 4.47. The molecule has 5 heteroatoms. The molecule has 2 N–H and O–H groups in total. The van der Waals surface area contributed by atoms with Gasteiger partial charge in [-0.2, -0.15) is 0 Å². The van der Waals surface area contributed by atoms with Crippen LogP contribution in [0.5, 0.6) is 0 Å². The van der Waals surface area contributed by atoms with Crippen LogP contribution < -0.4 is 10.6 Å². The van der Waals surface area contributed by atoms with Crippen molar-refractivity contribution in [1.82, 2.24) is 0 Å². The second kappa shape index (κ2) is 6.57. The monoisotopic (exact) mass is 368 g/mol. The highest BCUT2D eigenvalue weighted by atomic mass is 79.9. The van der Waals surface area contributed by atoms with E-state index in [2.05, 4.69) is 26.9 Å². The first-order valence-corrected chi connectivity index (χ1v) is 7.61. The average molecular weight is 370 g/mol. The number of nitrogens with zero attached hydrogens (tertiary/aromatic N) is 1. The maximum absolute atomic E-state index is 6.08. The van der Waals surface area contributed by atoms with Gasteiger partial charge >= 0.3 is 0 Å². The van der Waals surface area contributed by atoms with Crippen molar-refractivity contribution in [2.75, 3.05) is 11.9 Å². The van der Waals surface area contributed by atoms with Crippen molar-refractivity contribution in [3.05, 3.63) is 63.1 Å². The summed E-state index contributed by atoms with van der Waals surface area (Å²) >= 11 is 14.7. The number of nitrogens with two attached hydrogens (primary N) is 1. The zero-order valence-corrected chi connectivity index (χ0v) is 14.1. The van der Waals surface area contributed by atoms with Crippen LogP contribution in [0.15, 0.2) is 46.9 Å². The third kappa shape index (κ3) is 3.51. The number of thiocarbonyl (C=S) groups is 1.